The molecule has 9 N–H and O–H groups in total. The lowest BCUT2D eigenvalue weighted by Crippen LogP contribution is -2.47. The molecule has 3 aromatic heterocycles. The molecule has 0 atom stereocenters. The summed E-state index contributed by atoms with van der Waals surface area (Å²) in [5.74, 6) is -2.91. The molecule has 3 aliphatic heterocycles. The van der Waals surface area contributed by atoms with E-state index in [4.69, 9.17) is 21.0 Å². The Morgan fingerprint density at radius 1 is 0.363 bits per heavy atom. The van der Waals surface area contributed by atoms with E-state index in [0.29, 0.717) is 71.9 Å². The maximum atomic E-state index is 13.9. The van der Waals surface area contributed by atoms with Crippen LogP contribution in [0.2, 0.25) is 0 Å². The summed E-state index contributed by atoms with van der Waals surface area (Å²) in [7, 11) is 2.06. The van der Waals surface area contributed by atoms with Gasteiger partial charge in [-0.25, -0.2) is 28.1 Å². The number of nitrogens with zero attached hydrogens (tertiary/aromatic N) is 7. The second-order valence-corrected chi connectivity index (χ2v) is 26.0. The molecular weight excluding hydrogens is 1510 g/mol. The average molecular weight is 1580 g/mol. The lowest BCUT2D eigenvalue weighted by molar-refractivity contribution is 0.0680. The summed E-state index contributed by atoms with van der Waals surface area (Å²) in [4.78, 5) is 97.1. The lowest BCUT2D eigenvalue weighted by Gasteiger charge is -2.34. The summed E-state index contributed by atoms with van der Waals surface area (Å²) in [5, 5.41) is 41.0. The Hall–Kier alpha value is -10.9. The first-order chi connectivity index (χ1) is 49.1. The van der Waals surface area contributed by atoms with Gasteiger partial charge in [-0.15, -0.1) is 0 Å². The molecule has 522 valence electrons. The van der Waals surface area contributed by atoms with Crippen LogP contribution in [-0.4, -0.2) is 160 Å². The van der Waals surface area contributed by atoms with Crippen LogP contribution in [0.4, 0.5) is 47.7 Å². The highest BCUT2D eigenvalue weighted by Crippen LogP contribution is 2.26. The molecule has 3 fully saturated rings. The minimum Gasteiger partial charge on any atom is -0.378 e. The van der Waals surface area contributed by atoms with Gasteiger partial charge >= 0.3 is 0 Å². The van der Waals surface area contributed by atoms with Gasteiger partial charge in [-0.1, -0.05) is 36.4 Å². The maximum Gasteiger partial charge on any atom is 0.259 e. The molecule has 0 radical (unpaired) electrons. The van der Waals surface area contributed by atoms with Crippen LogP contribution in [0.15, 0.2) is 196 Å². The second kappa shape index (κ2) is 35.0. The van der Waals surface area contributed by atoms with E-state index in [2.05, 4.69) is 107 Å². The van der Waals surface area contributed by atoms with E-state index < -0.39 is 52.9 Å². The lowest BCUT2D eigenvalue weighted by atomic mass is 10.1. The summed E-state index contributed by atoms with van der Waals surface area (Å²) < 4.78 is 49.2. The molecule has 0 saturated carbocycles. The van der Waals surface area contributed by atoms with E-state index in [9.17, 15) is 41.9 Å². The number of hydrogen-bond acceptors (Lipinski definition) is 14. The number of carbonyl (C=O) groups is 6. The van der Waals surface area contributed by atoms with Crippen LogP contribution in [-0.2, 0) is 4.74 Å². The number of morpholine rings is 1. The highest BCUT2D eigenvalue weighted by molar-refractivity contribution is 9.11. The summed E-state index contributed by atoms with van der Waals surface area (Å²) in [5.41, 5.74) is 3.58. The van der Waals surface area contributed by atoms with Gasteiger partial charge in [0.1, 0.15) is 52.4 Å². The molecule has 0 bridgehead atoms. The van der Waals surface area contributed by atoms with E-state index in [1.165, 1.54) is 48.9 Å². The van der Waals surface area contributed by atoms with Crippen molar-refractivity contribution in [2.75, 3.05) is 105 Å². The number of nitrogens with one attached hydrogen (secondary N) is 9. The Morgan fingerprint density at radius 2 is 0.647 bits per heavy atom. The maximum absolute atomic E-state index is 13.9. The quantitative estimate of drug-likeness (QED) is 0.0341. The van der Waals surface area contributed by atoms with Crippen molar-refractivity contribution in [3.8, 4) is 0 Å². The second-order valence-electron chi connectivity index (χ2n) is 23.2. The van der Waals surface area contributed by atoms with Crippen molar-refractivity contribution in [1.82, 2.24) is 34.6 Å². The van der Waals surface area contributed by atoms with Crippen molar-refractivity contribution >= 4 is 135 Å². The molecule has 0 aliphatic carbocycles. The van der Waals surface area contributed by atoms with Gasteiger partial charge in [-0.3, -0.25) is 45.0 Å². The SMILES string of the molecule is CN1CCN(C(=N)c2ccc(C(=O)Nc3ccc(F)cc3C(=O)Nc3ccc(Br)cn3)cc2)CC1.N=C(c1ccc(C(=O)Nc2ccc(F)cc2C(=O)Nc2ccc(Br)cn2)cc1)N1CCCC1.N=C(c1ccc(C(=O)Nc2ccc(F)cc2C(=O)Nc2ccc(Br)cn2)cc1)N1CCOCC1. The predicted octanol–water partition coefficient (Wildman–Crippen LogP) is 13.1. The molecule has 6 heterocycles. The molecule has 9 aromatic rings. The van der Waals surface area contributed by atoms with Crippen LogP contribution < -0.4 is 31.9 Å². The van der Waals surface area contributed by atoms with Crippen molar-refractivity contribution in [1.29, 1.82) is 16.2 Å². The number of halogens is 6. The van der Waals surface area contributed by atoms with Gasteiger partial charge in [0.2, 0.25) is 0 Å². The topological polar surface area (TPSA) is 307 Å². The zero-order valence-corrected chi connectivity index (χ0v) is 59.3. The summed E-state index contributed by atoms with van der Waals surface area (Å²) in [6, 6.07) is 40.7. The Labute approximate surface area is 609 Å². The van der Waals surface area contributed by atoms with Gasteiger partial charge in [-0.05, 0) is 195 Å². The number of pyridine rings is 3. The van der Waals surface area contributed by atoms with Crippen molar-refractivity contribution in [3.63, 3.8) is 0 Å². The van der Waals surface area contributed by atoms with Crippen LogP contribution in [0, 0.1) is 33.7 Å². The van der Waals surface area contributed by atoms with Gasteiger partial charge in [-0.2, -0.15) is 0 Å². The Kier molecular flexibility index (Phi) is 25.3. The highest BCUT2D eigenvalue weighted by atomic mass is 79.9. The number of benzene rings is 6. The third kappa shape index (κ3) is 20.2. The van der Waals surface area contributed by atoms with E-state index in [1.807, 2.05) is 14.7 Å². The summed E-state index contributed by atoms with van der Waals surface area (Å²) in [6.07, 6.45) is 6.73. The van der Waals surface area contributed by atoms with Gasteiger partial charge in [0.25, 0.3) is 35.4 Å². The summed E-state index contributed by atoms with van der Waals surface area (Å²) >= 11 is 9.81. The molecule has 23 nitrogen and oxygen atoms in total. The number of amidine groups is 3. The first-order valence-corrected chi connectivity index (χ1v) is 34.2. The zero-order valence-electron chi connectivity index (χ0n) is 54.6. The van der Waals surface area contributed by atoms with Crippen LogP contribution in [0.25, 0.3) is 0 Å². The molecule has 12 rings (SSSR count). The third-order valence-electron chi connectivity index (χ3n) is 16.2. The number of piperazine rings is 1. The number of anilines is 6. The van der Waals surface area contributed by atoms with Crippen molar-refractivity contribution in [3.05, 3.63) is 263 Å². The first-order valence-electron chi connectivity index (χ1n) is 31.8. The number of aromatic nitrogens is 3. The molecule has 6 amide bonds. The van der Waals surface area contributed by atoms with Gasteiger partial charge in [0.15, 0.2) is 0 Å². The minimum absolute atomic E-state index is 0.0273. The molecular formula is C73H66Br3F3N16O7. The zero-order chi connectivity index (χ0) is 72.4. The van der Waals surface area contributed by atoms with Gasteiger partial charge < -0.3 is 56.2 Å². The Bertz CT molecular complexity index is 4570. The molecule has 3 aliphatic rings. The number of hydrogen-bond donors (Lipinski definition) is 9. The van der Waals surface area contributed by atoms with Crippen molar-refractivity contribution in [2.45, 2.75) is 12.8 Å². The molecule has 0 spiro atoms. The van der Waals surface area contributed by atoms with Crippen LogP contribution in [0.1, 0.15) is 91.7 Å². The van der Waals surface area contributed by atoms with E-state index in [1.54, 1.807) is 109 Å². The monoisotopic (exact) mass is 1570 g/mol. The van der Waals surface area contributed by atoms with Crippen molar-refractivity contribution < 1.29 is 46.7 Å². The summed E-state index contributed by atoms with van der Waals surface area (Å²) in [6.45, 7) is 7.54. The predicted molar refractivity (Wildman–Crippen MR) is 395 cm³/mol. The van der Waals surface area contributed by atoms with Crippen LogP contribution in [0.3, 0.4) is 0 Å². The van der Waals surface area contributed by atoms with Gasteiger partial charge in [0, 0.05) is 118 Å². The third-order valence-corrected chi connectivity index (χ3v) is 17.6. The van der Waals surface area contributed by atoms with Crippen molar-refractivity contribution in [2.24, 2.45) is 0 Å². The van der Waals surface area contributed by atoms with E-state index in [0.717, 1.165) is 101 Å². The fourth-order valence-corrected chi connectivity index (χ4v) is 11.3. The smallest absolute Gasteiger partial charge is 0.259 e. The fourth-order valence-electron chi connectivity index (χ4n) is 10.6. The molecule has 102 heavy (non-hydrogen) atoms. The Balaban J connectivity index is 0.000000165. The molecule has 29 heteroatoms. The molecule has 6 aromatic carbocycles. The number of carbonyl (C=O) groups excluding carboxylic acids is 6. The number of amides is 6. The van der Waals surface area contributed by atoms with Crippen LogP contribution in [0.5, 0.6) is 0 Å². The number of likely N-dealkylation sites (tertiary alicyclic amines) is 1. The number of rotatable bonds is 15. The fraction of sp³-hybridized carbons (Fsp3) is 0.178. The number of likely N-dealkylation sites (N-methyl/N-ethyl adjacent to an activating group) is 1. The average Bonchev–Trinajstić information content (AvgIpc) is 0.871. The first kappa shape index (κ1) is 73.9. The minimum atomic E-state index is -0.613. The largest absolute Gasteiger partial charge is 0.378 e. The molecule has 0 unspecified atom stereocenters. The van der Waals surface area contributed by atoms with E-state index >= 15 is 0 Å². The normalized spacial score (nSPS) is 13.4. The van der Waals surface area contributed by atoms with Crippen LogP contribution >= 0.6 is 47.8 Å². The standard InChI is InChI=1S/C25H24BrFN6O2.C24H21BrFN5O3.C24H21BrFN5O2/c1-32-10-12-33(13-11-32)23(28)16-2-4-17(5-3-16)24(34)30-21-8-7-19(27)14-20(21)25(35)31-22-9-6-18(26)15-29-22;25-17-5-8-21(28-14-17)30-24(33)19-13-18(26)6-7-20(19)29-23(32)16-3-1-15(2-4-16)22(27)31-9-11-34-12-10-31;25-17-7-10-21(28-14-17)30-24(33)19-13-18(26)8-9-20(19)29-23(32)16-5-3-15(4-6-16)22(27)31-11-1-2-12-31/h2-9,14-15,28H,10-13H2,1H3,(H,30,34)(H,29,31,35);1-8,13-14,27H,9-12H2,(H,29,32)(H,28,30,33);3-10,13-14,27H,1-2,11-12H2,(H,29,32)(H,28,30,33). The Morgan fingerprint density at radius 3 is 0.941 bits per heavy atom. The number of ether oxygens (including phenoxy) is 1. The van der Waals surface area contributed by atoms with E-state index in [-0.39, 0.29) is 45.4 Å². The van der Waals surface area contributed by atoms with Gasteiger partial charge in [0.05, 0.1) is 47.0 Å². The highest BCUT2D eigenvalue weighted by Gasteiger charge is 2.24. The molecule has 3 saturated heterocycles.